The van der Waals surface area contributed by atoms with Gasteiger partial charge < -0.3 is 10.1 Å². The van der Waals surface area contributed by atoms with Crippen LogP contribution in [0.4, 0.5) is 0 Å². The molecule has 0 atom stereocenters. The molecule has 0 heterocycles. The molecular weight excluding hydrogens is 240 g/mol. The summed E-state index contributed by atoms with van der Waals surface area (Å²) >= 11 is 0. The van der Waals surface area contributed by atoms with Crippen LogP contribution in [0.3, 0.4) is 0 Å². The van der Waals surface area contributed by atoms with Crippen molar-refractivity contribution in [3.63, 3.8) is 0 Å². The summed E-state index contributed by atoms with van der Waals surface area (Å²) in [4.78, 5) is 12.0. The minimum Gasteiger partial charge on any atom is -0.497 e. The van der Waals surface area contributed by atoms with Gasteiger partial charge in [-0.1, -0.05) is 26.0 Å². The molecule has 102 valence electrons. The van der Waals surface area contributed by atoms with Crippen molar-refractivity contribution in [2.45, 2.75) is 38.6 Å². The number of ether oxygens (including phenoxy) is 1. The molecule has 0 aliphatic carbocycles. The topological polar surface area (TPSA) is 62.1 Å². The van der Waals surface area contributed by atoms with E-state index in [0.29, 0.717) is 12.8 Å². The number of nitrogens with zero attached hydrogens (tertiary/aromatic N) is 1. The number of nitrogens with one attached hydrogen (secondary N) is 1. The van der Waals surface area contributed by atoms with Crippen LogP contribution in [0.15, 0.2) is 24.3 Å². The third kappa shape index (κ3) is 3.99. The van der Waals surface area contributed by atoms with Crippen molar-refractivity contribution in [2.24, 2.45) is 0 Å². The summed E-state index contributed by atoms with van der Waals surface area (Å²) < 4.78 is 5.12. The maximum absolute atomic E-state index is 12.0. The molecule has 0 saturated heterocycles. The molecule has 1 aromatic carbocycles. The van der Waals surface area contributed by atoms with Crippen LogP contribution >= 0.6 is 0 Å². The number of carbonyl (C=O) groups excluding carboxylic acids is 1. The maximum Gasteiger partial charge on any atom is 0.225 e. The van der Waals surface area contributed by atoms with Gasteiger partial charge in [0.05, 0.1) is 19.6 Å². The van der Waals surface area contributed by atoms with Crippen LogP contribution in [-0.4, -0.2) is 18.6 Å². The predicted octanol–water partition coefficient (Wildman–Crippen LogP) is 2.44. The van der Waals surface area contributed by atoms with Gasteiger partial charge in [-0.05, 0) is 30.5 Å². The Morgan fingerprint density at radius 1 is 1.42 bits per heavy atom. The summed E-state index contributed by atoms with van der Waals surface area (Å²) in [6.07, 6.45) is 1.45. The van der Waals surface area contributed by atoms with Crippen LogP contribution in [0.25, 0.3) is 0 Å². The number of benzene rings is 1. The quantitative estimate of drug-likeness (QED) is 0.854. The summed E-state index contributed by atoms with van der Waals surface area (Å²) in [7, 11) is 1.59. The number of hydrogen-bond acceptors (Lipinski definition) is 3. The molecule has 0 aliphatic rings. The van der Waals surface area contributed by atoms with E-state index in [4.69, 9.17) is 4.74 Å². The zero-order valence-corrected chi connectivity index (χ0v) is 11.7. The second kappa shape index (κ2) is 6.79. The Morgan fingerprint density at radius 2 is 2.11 bits per heavy atom. The Labute approximate surface area is 114 Å². The number of hydrogen-bond donors (Lipinski definition) is 1. The summed E-state index contributed by atoms with van der Waals surface area (Å²) in [5.74, 6) is 0.585. The van der Waals surface area contributed by atoms with Crippen LogP contribution in [-0.2, 0) is 11.2 Å². The summed E-state index contributed by atoms with van der Waals surface area (Å²) in [5.41, 5.74) is 0.117. The lowest BCUT2D eigenvalue weighted by Gasteiger charge is -2.24. The average molecular weight is 260 g/mol. The average Bonchev–Trinajstić information content (AvgIpc) is 2.45. The predicted molar refractivity (Wildman–Crippen MR) is 73.8 cm³/mol. The highest BCUT2D eigenvalue weighted by atomic mass is 16.5. The lowest BCUT2D eigenvalue weighted by Crippen LogP contribution is -2.47. The minimum absolute atomic E-state index is 0.140. The first-order chi connectivity index (χ1) is 9.09. The van der Waals surface area contributed by atoms with Crippen LogP contribution in [0.1, 0.15) is 32.3 Å². The normalized spacial score (nSPS) is 10.6. The third-order valence-corrected chi connectivity index (χ3v) is 3.30. The smallest absolute Gasteiger partial charge is 0.225 e. The molecule has 0 aromatic heterocycles. The number of amides is 1. The molecule has 0 radical (unpaired) electrons. The van der Waals surface area contributed by atoms with Crippen molar-refractivity contribution >= 4 is 5.91 Å². The molecule has 1 rings (SSSR count). The van der Waals surface area contributed by atoms with Crippen molar-refractivity contribution in [1.82, 2.24) is 5.32 Å². The zero-order valence-electron chi connectivity index (χ0n) is 11.7. The lowest BCUT2D eigenvalue weighted by atomic mass is 9.94. The van der Waals surface area contributed by atoms with Crippen molar-refractivity contribution < 1.29 is 9.53 Å². The molecule has 0 fully saturated rings. The van der Waals surface area contributed by atoms with E-state index in [-0.39, 0.29) is 12.3 Å². The molecule has 1 N–H and O–H groups in total. The third-order valence-electron chi connectivity index (χ3n) is 3.30. The zero-order chi connectivity index (χ0) is 14.3. The van der Waals surface area contributed by atoms with Gasteiger partial charge in [-0.3, -0.25) is 4.79 Å². The van der Waals surface area contributed by atoms with Crippen LogP contribution in [0.5, 0.6) is 5.75 Å². The second-order valence-corrected chi connectivity index (χ2v) is 4.48. The molecule has 0 saturated carbocycles. The van der Waals surface area contributed by atoms with Crippen molar-refractivity contribution in [3.8, 4) is 11.8 Å². The van der Waals surface area contributed by atoms with Crippen molar-refractivity contribution in [2.75, 3.05) is 7.11 Å². The fourth-order valence-electron chi connectivity index (χ4n) is 1.89. The van der Waals surface area contributed by atoms with Gasteiger partial charge in [0.2, 0.25) is 5.91 Å². The molecule has 0 aliphatic heterocycles. The van der Waals surface area contributed by atoms with E-state index in [1.807, 2.05) is 38.1 Å². The van der Waals surface area contributed by atoms with Crippen molar-refractivity contribution in [1.29, 1.82) is 5.26 Å². The van der Waals surface area contributed by atoms with E-state index in [2.05, 4.69) is 11.4 Å². The van der Waals surface area contributed by atoms with Gasteiger partial charge in [0.1, 0.15) is 11.3 Å². The largest absolute Gasteiger partial charge is 0.497 e. The Kier molecular flexibility index (Phi) is 5.37. The molecule has 0 unspecified atom stereocenters. The van der Waals surface area contributed by atoms with Crippen LogP contribution < -0.4 is 10.1 Å². The number of carbonyl (C=O) groups is 1. The number of nitriles is 1. The van der Waals surface area contributed by atoms with Crippen LogP contribution in [0.2, 0.25) is 0 Å². The standard InChI is InChI=1S/C15H20N2O2/c1-4-15(5-2,11-16)17-14(18)10-12-7-6-8-13(9-12)19-3/h6-9H,4-5,10H2,1-3H3,(H,17,18). The Hall–Kier alpha value is -2.02. The minimum atomic E-state index is -0.754. The van der Waals surface area contributed by atoms with Gasteiger partial charge in [0.25, 0.3) is 0 Å². The Bertz CT molecular complexity index is 473. The van der Waals surface area contributed by atoms with Gasteiger partial charge in [-0.2, -0.15) is 5.26 Å². The fraction of sp³-hybridized carbons (Fsp3) is 0.467. The highest BCUT2D eigenvalue weighted by Gasteiger charge is 2.27. The molecule has 0 spiro atoms. The first kappa shape index (κ1) is 15.0. The number of rotatable bonds is 6. The van der Waals surface area contributed by atoms with Gasteiger partial charge in [0, 0.05) is 0 Å². The molecule has 1 aromatic rings. The van der Waals surface area contributed by atoms with E-state index in [1.165, 1.54) is 0 Å². The summed E-state index contributed by atoms with van der Waals surface area (Å²) in [6, 6.07) is 9.57. The highest BCUT2D eigenvalue weighted by molar-refractivity contribution is 5.79. The van der Waals surface area contributed by atoms with Crippen molar-refractivity contribution in [3.05, 3.63) is 29.8 Å². The van der Waals surface area contributed by atoms with E-state index in [9.17, 15) is 10.1 Å². The monoisotopic (exact) mass is 260 g/mol. The fourth-order valence-corrected chi connectivity index (χ4v) is 1.89. The second-order valence-electron chi connectivity index (χ2n) is 4.48. The van der Waals surface area contributed by atoms with E-state index < -0.39 is 5.54 Å². The van der Waals surface area contributed by atoms with E-state index in [1.54, 1.807) is 7.11 Å². The molecule has 0 bridgehead atoms. The van der Waals surface area contributed by atoms with E-state index in [0.717, 1.165) is 11.3 Å². The van der Waals surface area contributed by atoms with Gasteiger partial charge >= 0.3 is 0 Å². The SMILES string of the molecule is CCC(C#N)(CC)NC(=O)Cc1cccc(OC)c1. The highest BCUT2D eigenvalue weighted by Crippen LogP contribution is 2.16. The molecular formula is C15H20N2O2. The van der Waals surface area contributed by atoms with Gasteiger partial charge in [-0.25, -0.2) is 0 Å². The van der Waals surface area contributed by atoms with Crippen LogP contribution in [0, 0.1) is 11.3 Å². The van der Waals surface area contributed by atoms with Gasteiger partial charge in [-0.15, -0.1) is 0 Å². The Balaban J connectivity index is 2.72. The molecule has 1 amide bonds. The number of methoxy groups -OCH3 is 1. The molecule has 19 heavy (non-hydrogen) atoms. The maximum atomic E-state index is 12.0. The van der Waals surface area contributed by atoms with Gasteiger partial charge in [0.15, 0.2) is 0 Å². The lowest BCUT2D eigenvalue weighted by molar-refractivity contribution is -0.121. The first-order valence-corrected chi connectivity index (χ1v) is 6.44. The Morgan fingerprint density at radius 3 is 2.63 bits per heavy atom. The summed E-state index contributed by atoms with van der Waals surface area (Å²) in [5, 5.41) is 12.0. The molecule has 4 heteroatoms. The molecule has 4 nitrogen and oxygen atoms in total. The summed E-state index contributed by atoms with van der Waals surface area (Å²) in [6.45, 7) is 3.80. The first-order valence-electron chi connectivity index (χ1n) is 6.44. The van der Waals surface area contributed by atoms with E-state index >= 15 is 0 Å².